The van der Waals surface area contributed by atoms with Gasteiger partial charge in [0.2, 0.25) is 11.8 Å². The molecule has 7 nitrogen and oxygen atoms in total. The van der Waals surface area contributed by atoms with E-state index in [0.717, 1.165) is 0 Å². The van der Waals surface area contributed by atoms with Crippen LogP contribution in [0.25, 0.3) is 0 Å². The van der Waals surface area contributed by atoms with Crippen LogP contribution in [0.1, 0.15) is 44.7 Å². The summed E-state index contributed by atoms with van der Waals surface area (Å²) in [5.41, 5.74) is -0.457. The zero-order chi connectivity index (χ0) is 17.7. The predicted molar refractivity (Wildman–Crippen MR) is 86.5 cm³/mol. The lowest BCUT2D eigenvalue weighted by Crippen LogP contribution is -2.44. The standard InChI is InChI=1S/C17H22N2O5/c1-3-24-14-7-5-4-6-12(14)13(18-11(2)20)10-15(21)19-17(8-9-17)16(22)23/h4-7,13H,3,8-10H2,1-2H3,(H,18,20)(H,19,21)(H,22,23). The van der Waals surface area contributed by atoms with Gasteiger partial charge in [0, 0.05) is 12.5 Å². The lowest BCUT2D eigenvalue weighted by molar-refractivity contribution is -0.143. The van der Waals surface area contributed by atoms with Gasteiger partial charge >= 0.3 is 5.97 Å². The molecule has 1 aliphatic carbocycles. The first-order valence-electron chi connectivity index (χ1n) is 7.91. The average molecular weight is 334 g/mol. The topological polar surface area (TPSA) is 105 Å². The molecule has 2 rings (SSSR count). The Labute approximate surface area is 140 Å². The summed E-state index contributed by atoms with van der Waals surface area (Å²) in [7, 11) is 0. The lowest BCUT2D eigenvalue weighted by atomic mass is 10.0. The number of ether oxygens (including phenoxy) is 1. The van der Waals surface area contributed by atoms with Crippen molar-refractivity contribution in [1.82, 2.24) is 10.6 Å². The molecule has 0 bridgehead atoms. The van der Waals surface area contributed by atoms with Crippen molar-refractivity contribution in [1.29, 1.82) is 0 Å². The average Bonchev–Trinajstić information content (AvgIpc) is 3.28. The number of nitrogens with one attached hydrogen (secondary N) is 2. The molecule has 0 radical (unpaired) electrons. The summed E-state index contributed by atoms with van der Waals surface area (Å²) in [4.78, 5) is 35.0. The molecule has 1 aliphatic rings. The van der Waals surface area contributed by atoms with Crippen LogP contribution >= 0.6 is 0 Å². The van der Waals surface area contributed by atoms with Crippen LogP contribution in [0.15, 0.2) is 24.3 Å². The van der Waals surface area contributed by atoms with Gasteiger partial charge in [0.05, 0.1) is 19.1 Å². The highest BCUT2D eigenvalue weighted by Crippen LogP contribution is 2.36. The van der Waals surface area contributed by atoms with E-state index in [9.17, 15) is 14.4 Å². The van der Waals surface area contributed by atoms with Crippen molar-refractivity contribution in [2.75, 3.05) is 6.61 Å². The van der Waals surface area contributed by atoms with Gasteiger partial charge in [0.1, 0.15) is 11.3 Å². The highest BCUT2D eigenvalue weighted by molar-refractivity contribution is 5.90. The first-order chi connectivity index (χ1) is 11.4. The van der Waals surface area contributed by atoms with Gasteiger partial charge in [-0.25, -0.2) is 4.79 Å². The van der Waals surface area contributed by atoms with Crippen molar-refractivity contribution < 1.29 is 24.2 Å². The summed E-state index contributed by atoms with van der Waals surface area (Å²) in [5, 5.41) is 14.5. The van der Waals surface area contributed by atoms with Gasteiger partial charge < -0.3 is 20.5 Å². The van der Waals surface area contributed by atoms with E-state index in [4.69, 9.17) is 9.84 Å². The number of para-hydroxylation sites is 1. The number of benzene rings is 1. The second-order valence-electron chi connectivity index (χ2n) is 5.86. The van der Waals surface area contributed by atoms with Crippen LogP contribution < -0.4 is 15.4 Å². The van der Waals surface area contributed by atoms with E-state index in [1.165, 1.54) is 6.92 Å². The van der Waals surface area contributed by atoms with Crippen LogP contribution in [0.4, 0.5) is 0 Å². The maximum atomic E-state index is 12.3. The minimum atomic E-state index is -1.14. The van der Waals surface area contributed by atoms with Crippen LogP contribution in [0.3, 0.4) is 0 Å². The third-order valence-electron chi connectivity index (χ3n) is 3.90. The molecule has 7 heteroatoms. The van der Waals surface area contributed by atoms with E-state index in [1.807, 2.05) is 13.0 Å². The Bertz CT molecular complexity index is 640. The number of hydrogen-bond acceptors (Lipinski definition) is 4. The predicted octanol–water partition coefficient (Wildman–Crippen LogP) is 1.39. The highest BCUT2D eigenvalue weighted by Gasteiger charge is 2.51. The van der Waals surface area contributed by atoms with Gasteiger partial charge in [-0.05, 0) is 25.8 Å². The van der Waals surface area contributed by atoms with Crippen molar-refractivity contribution in [3.63, 3.8) is 0 Å². The molecule has 0 saturated heterocycles. The van der Waals surface area contributed by atoms with Crippen molar-refractivity contribution in [2.24, 2.45) is 0 Å². The van der Waals surface area contributed by atoms with Crippen molar-refractivity contribution in [2.45, 2.75) is 44.7 Å². The largest absolute Gasteiger partial charge is 0.494 e. The summed E-state index contributed by atoms with van der Waals surface area (Å²) in [6.07, 6.45) is 0.793. The Morgan fingerprint density at radius 3 is 2.50 bits per heavy atom. The van der Waals surface area contributed by atoms with Crippen LogP contribution in [0, 0.1) is 0 Å². The van der Waals surface area contributed by atoms with E-state index in [1.54, 1.807) is 18.2 Å². The van der Waals surface area contributed by atoms with E-state index in [2.05, 4.69) is 10.6 Å². The molecule has 130 valence electrons. The number of hydrogen-bond donors (Lipinski definition) is 3. The van der Waals surface area contributed by atoms with Gasteiger partial charge in [-0.3, -0.25) is 9.59 Å². The normalized spacial score (nSPS) is 15.9. The van der Waals surface area contributed by atoms with E-state index < -0.39 is 23.5 Å². The Morgan fingerprint density at radius 1 is 1.29 bits per heavy atom. The molecule has 1 saturated carbocycles. The number of carbonyl (C=O) groups is 3. The Hall–Kier alpha value is -2.57. The second kappa shape index (κ2) is 7.33. The maximum Gasteiger partial charge on any atom is 0.329 e. The zero-order valence-electron chi connectivity index (χ0n) is 13.8. The first-order valence-corrected chi connectivity index (χ1v) is 7.91. The van der Waals surface area contributed by atoms with Gasteiger partial charge in [0.25, 0.3) is 0 Å². The summed E-state index contributed by atoms with van der Waals surface area (Å²) in [6.45, 7) is 3.67. The quantitative estimate of drug-likeness (QED) is 0.666. The molecule has 1 unspecified atom stereocenters. The number of carbonyl (C=O) groups excluding carboxylic acids is 2. The molecule has 0 spiro atoms. The number of carboxylic acid groups (broad SMARTS) is 1. The number of aliphatic carboxylic acids is 1. The molecule has 24 heavy (non-hydrogen) atoms. The number of amides is 2. The molecule has 0 aliphatic heterocycles. The third kappa shape index (κ3) is 4.24. The molecule has 1 fully saturated rings. The molecule has 2 amide bonds. The second-order valence-corrected chi connectivity index (χ2v) is 5.86. The molecule has 3 N–H and O–H groups in total. The number of carboxylic acids is 1. The Kier molecular flexibility index (Phi) is 5.43. The Balaban J connectivity index is 2.15. The number of rotatable bonds is 8. The molecule has 0 aromatic heterocycles. The summed E-state index contributed by atoms with van der Waals surface area (Å²) >= 11 is 0. The molecule has 1 aromatic carbocycles. The van der Waals surface area contributed by atoms with Crippen LogP contribution in [-0.4, -0.2) is 35.0 Å². The molecular weight excluding hydrogens is 312 g/mol. The van der Waals surface area contributed by atoms with Crippen LogP contribution in [0.5, 0.6) is 5.75 Å². The molecule has 1 aromatic rings. The maximum absolute atomic E-state index is 12.3. The first kappa shape index (κ1) is 17.8. The minimum Gasteiger partial charge on any atom is -0.494 e. The van der Waals surface area contributed by atoms with Crippen LogP contribution in [-0.2, 0) is 14.4 Å². The monoisotopic (exact) mass is 334 g/mol. The van der Waals surface area contributed by atoms with Gasteiger partial charge in [-0.2, -0.15) is 0 Å². The fourth-order valence-electron chi connectivity index (χ4n) is 2.56. The summed E-state index contributed by atoms with van der Waals surface area (Å²) < 4.78 is 5.56. The van der Waals surface area contributed by atoms with Gasteiger partial charge in [-0.1, -0.05) is 18.2 Å². The molecule has 1 atom stereocenters. The van der Waals surface area contributed by atoms with Crippen molar-refractivity contribution >= 4 is 17.8 Å². The minimum absolute atomic E-state index is 0.0568. The molecule has 0 heterocycles. The summed E-state index contributed by atoms with van der Waals surface area (Å²) in [5.74, 6) is -1.13. The fraction of sp³-hybridized carbons (Fsp3) is 0.471. The fourth-order valence-corrected chi connectivity index (χ4v) is 2.56. The molecular formula is C17H22N2O5. The Morgan fingerprint density at radius 2 is 1.96 bits per heavy atom. The van der Waals surface area contributed by atoms with Crippen LogP contribution in [0.2, 0.25) is 0 Å². The van der Waals surface area contributed by atoms with E-state index >= 15 is 0 Å². The summed E-state index contributed by atoms with van der Waals surface area (Å²) in [6, 6.07) is 6.57. The van der Waals surface area contributed by atoms with E-state index in [-0.39, 0.29) is 12.3 Å². The SMILES string of the molecule is CCOc1ccccc1C(CC(=O)NC1(C(=O)O)CC1)NC(C)=O. The lowest BCUT2D eigenvalue weighted by Gasteiger charge is -2.22. The zero-order valence-corrected chi connectivity index (χ0v) is 13.8. The van der Waals surface area contributed by atoms with Gasteiger partial charge in [-0.15, -0.1) is 0 Å². The van der Waals surface area contributed by atoms with Gasteiger partial charge in [0.15, 0.2) is 0 Å². The van der Waals surface area contributed by atoms with Crippen molar-refractivity contribution in [3.05, 3.63) is 29.8 Å². The highest BCUT2D eigenvalue weighted by atomic mass is 16.5. The van der Waals surface area contributed by atoms with Crippen molar-refractivity contribution in [3.8, 4) is 5.75 Å². The van der Waals surface area contributed by atoms with E-state index in [0.29, 0.717) is 30.8 Å². The third-order valence-corrected chi connectivity index (χ3v) is 3.90. The smallest absolute Gasteiger partial charge is 0.329 e.